The summed E-state index contributed by atoms with van der Waals surface area (Å²) in [7, 11) is 2.19. The molecule has 7 heteroatoms. The van der Waals surface area contributed by atoms with Crippen molar-refractivity contribution in [2.75, 3.05) is 50.1 Å². The molecule has 2 aliphatic heterocycles. The summed E-state index contributed by atoms with van der Waals surface area (Å²) in [4.78, 5) is 16.6. The van der Waals surface area contributed by atoms with E-state index in [-0.39, 0.29) is 12.5 Å². The van der Waals surface area contributed by atoms with Crippen LogP contribution in [0.3, 0.4) is 0 Å². The van der Waals surface area contributed by atoms with E-state index >= 15 is 0 Å². The van der Waals surface area contributed by atoms with Gasteiger partial charge in [0.15, 0.2) is 11.5 Å². The molecular weight excluding hydrogens is 366 g/mol. The summed E-state index contributed by atoms with van der Waals surface area (Å²) >= 11 is 6.19. The average molecular weight is 389 g/mol. The fourth-order valence-electron chi connectivity index (χ4n) is 3.38. The Morgan fingerprint density at radius 3 is 2.70 bits per heavy atom. The zero-order valence-corrected chi connectivity index (χ0v) is 16.0. The van der Waals surface area contributed by atoms with Crippen molar-refractivity contribution in [3.05, 3.63) is 47.5 Å². The van der Waals surface area contributed by atoms with Gasteiger partial charge in [0.1, 0.15) is 6.61 Å². The van der Waals surface area contributed by atoms with Gasteiger partial charge in [0.2, 0.25) is 6.10 Å². The van der Waals surface area contributed by atoms with Crippen LogP contribution in [0.15, 0.2) is 42.5 Å². The molecule has 2 aliphatic rings. The highest BCUT2D eigenvalue weighted by Gasteiger charge is 2.28. The predicted molar refractivity (Wildman–Crippen MR) is 105 cm³/mol. The lowest BCUT2D eigenvalue weighted by Crippen LogP contribution is -3.12. The lowest BCUT2D eigenvalue weighted by Gasteiger charge is -2.33. The van der Waals surface area contributed by atoms with E-state index in [1.165, 1.54) is 4.90 Å². The van der Waals surface area contributed by atoms with Crippen molar-refractivity contribution in [2.45, 2.75) is 6.10 Å². The van der Waals surface area contributed by atoms with Crippen molar-refractivity contribution in [1.82, 2.24) is 0 Å². The van der Waals surface area contributed by atoms with Gasteiger partial charge in [0.25, 0.3) is 5.91 Å². The SMILES string of the molecule is C[NH+]1CCN(c2ccc(Cl)cc2NC(=O)[C@@H]2COc3ccccc3O2)CC1. The smallest absolute Gasteiger partial charge is 0.269 e. The molecule has 2 heterocycles. The predicted octanol–water partition coefficient (Wildman–Crippen LogP) is 1.45. The van der Waals surface area contributed by atoms with E-state index in [0.29, 0.717) is 22.2 Å². The number of quaternary nitrogens is 1. The number of nitrogens with zero attached hydrogens (tertiary/aromatic N) is 1. The van der Waals surface area contributed by atoms with Gasteiger partial charge in [-0.25, -0.2) is 0 Å². The minimum atomic E-state index is -0.705. The number of amides is 1. The highest BCUT2D eigenvalue weighted by molar-refractivity contribution is 6.31. The van der Waals surface area contributed by atoms with Crippen molar-refractivity contribution < 1.29 is 19.2 Å². The summed E-state index contributed by atoms with van der Waals surface area (Å²) in [5, 5.41) is 3.57. The third-order valence-electron chi connectivity index (χ3n) is 4.98. The molecule has 4 rings (SSSR count). The molecule has 1 atom stereocenters. The second-order valence-electron chi connectivity index (χ2n) is 6.96. The van der Waals surface area contributed by atoms with Gasteiger partial charge in [-0.2, -0.15) is 0 Å². The monoisotopic (exact) mass is 388 g/mol. The number of carbonyl (C=O) groups is 1. The number of nitrogens with one attached hydrogen (secondary N) is 2. The summed E-state index contributed by atoms with van der Waals surface area (Å²) in [6, 6.07) is 13.0. The highest BCUT2D eigenvalue weighted by atomic mass is 35.5. The van der Waals surface area contributed by atoms with Crippen LogP contribution in [0.2, 0.25) is 5.02 Å². The average Bonchev–Trinajstić information content (AvgIpc) is 2.68. The second-order valence-corrected chi connectivity index (χ2v) is 7.40. The fraction of sp³-hybridized carbons (Fsp3) is 0.350. The molecule has 2 aromatic rings. The van der Waals surface area contributed by atoms with Crippen LogP contribution in [0, 0.1) is 0 Å². The Hall–Kier alpha value is -2.44. The summed E-state index contributed by atoms with van der Waals surface area (Å²) < 4.78 is 11.5. The van der Waals surface area contributed by atoms with Crippen LogP contribution in [0.4, 0.5) is 11.4 Å². The molecule has 1 fully saturated rings. The van der Waals surface area contributed by atoms with E-state index in [9.17, 15) is 4.79 Å². The zero-order valence-electron chi connectivity index (χ0n) is 15.2. The Morgan fingerprint density at radius 1 is 1.19 bits per heavy atom. The number of halogens is 1. The number of hydrogen-bond acceptors (Lipinski definition) is 4. The van der Waals surface area contributed by atoms with Crippen LogP contribution in [-0.4, -0.2) is 51.8 Å². The van der Waals surface area contributed by atoms with E-state index < -0.39 is 6.10 Å². The summed E-state index contributed by atoms with van der Waals surface area (Å²) in [6.45, 7) is 4.18. The molecule has 2 N–H and O–H groups in total. The Kier molecular flexibility index (Phi) is 5.09. The van der Waals surface area contributed by atoms with E-state index in [1.807, 2.05) is 30.3 Å². The van der Waals surface area contributed by atoms with Crippen molar-refractivity contribution in [3.63, 3.8) is 0 Å². The fourth-order valence-corrected chi connectivity index (χ4v) is 3.55. The normalized spacial score (nSPS) is 19.6. The number of rotatable bonds is 3. The lowest BCUT2D eigenvalue weighted by atomic mass is 10.2. The van der Waals surface area contributed by atoms with E-state index in [2.05, 4.69) is 17.3 Å². The number of piperazine rings is 1. The molecule has 1 saturated heterocycles. The molecule has 0 spiro atoms. The van der Waals surface area contributed by atoms with Crippen LogP contribution in [0.5, 0.6) is 11.5 Å². The second kappa shape index (κ2) is 7.66. The number of benzene rings is 2. The van der Waals surface area contributed by atoms with Crippen LogP contribution >= 0.6 is 11.6 Å². The Morgan fingerprint density at radius 2 is 1.93 bits per heavy atom. The number of para-hydroxylation sites is 2. The molecular formula is C20H23ClN3O3+. The molecule has 142 valence electrons. The number of anilines is 2. The quantitative estimate of drug-likeness (QED) is 0.835. The third-order valence-corrected chi connectivity index (χ3v) is 5.21. The van der Waals surface area contributed by atoms with Crippen molar-refractivity contribution in [1.29, 1.82) is 0 Å². The van der Waals surface area contributed by atoms with Crippen LogP contribution < -0.4 is 24.6 Å². The number of hydrogen-bond donors (Lipinski definition) is 2. The van der Waals surface area contributed by atoms with Gasteiger partial charge >= 0.3 is 0 Å². The molecule has 6 nitrogen and oxygen atoms in total. The number of likely N-dealkylation sites (N-methyl/N-ethyl adjacent to an activating group) is 1. The van der Waals surface area contributed by atoms with E-state index in [1.54, 1.807) is 12.1 Å². The minimum absolute atomic E-state index is 0.177. The first kappa shape index (κ1) is 17.9. The molecule has 1 amide bonds. The molecule has 0 unspecified atom stereocenters. The maximum atomic E-state index is 12.8. The third kappa shape index (κ3) is 3.96. The first-order valence-corrected chi connectivity index (χ1v) is 9.53. The highest BCUT2D eigenvalue weighted by Crippen LogP contribution is 2.33. The summed E-state index contributed by atoms with van der Waals surface area (Å²) in [5.74, 6) is 0.995. The lowest BCUT2D eigenvalue weighted by molar-refractivity contribution is -0.880. The van der Waals surface area contributed by atoms with Crippen molar-refractivity contribution >= 4 is 28.9 Å². The number of ether oxygens (including phenoxy) is 2. The van der Waals surface area contributed by atoms with Gasteiger partial charge in [-0.3, -0.25) is 4.79 Å². The molecule has 2 aromatic carbocycles. The Bertz CT molecular complexity index is 837. The van der Waals surface area contributed by atoms with Gasteiger partial charge in [-0.1, -0.05) is 23.7 Å². The van der Waals surface area contributed by atoms with Crippen LogP contribution in [0.25, 0.3) is 0 Å². The zero-order chi connectivity index (χ0) is 18.8. The van der Waals surface area contributed by atoms with E-state index in [0.717, 1.165) is 31.9 Å². The van der Waals surface area contributed by atoms with Crippen LogP contribution in [-0.2, 0) is 4.79 Å². The largest absolute Gasteiger partial charge is 0.485 e. The number of carbonyl (C=O) groups excluding carboxylic acids is 1. The molecule has 27 heavy (non-hydrogen) atoms. The maximum Gasteiger partial charge on any atom is 0.269 e. The van der Waals surface area contributed by atoms with Gasteiger partial charge in [0, 0.05) is 5.02 Å². The van der Waals surface area contributed by atoms with Gasteiger partial charge in [0.05, 0.1) is 44.6 Å². The van der Waals surface area contributed by atoms with Gasteiger partial charge in [-0.05, 0) is 30.3 Å². The summed E-state index contributed by atoms with van der Waals surface area (Å²) in [5.41, 5.74) is 1.69. The Balaban J connectivity index is 1.50. The molecule has 0 bridgehead atoms. The number of fused-ring (bicyclic) bond motifs is 1. The first-order valence-electron chi connectivity index (χ1n) is 9.15. The molecule has 0 radical (unpaired) electrons. The summed E-state index contributed by atoms with van der Waals surface area (Å²) in [6.07, 6.45) is -0.705. The van der Waals surface area contributed by atoms with Crippen LogP contribution in [0.1, 0.15) is 0 Å². The van der Waals surface area contributed by atoms with Gasteiger partial charge in [-0.15, -0.1) is 0 Å². The van der Waals surface area contributed by atoms with Crippen molar-refractivity contribution in [3.8, 4) is 11.5 Å². The Labute approximate surface area is 163 Å². The molecule has 0 saturated carbocycles. The van der Waals surface area contributed by atoms with E-state index in [4.69, 9.17) is 21.1 Å². The minimum Gasteiger partial charge on any atom is -0.485 e. The maximum absolute atomic E-state index is 12.8. The first-order chi connectivity index (χ1) is 13.1. The molecule has 0 aliphatic carbocycles. The van der Waals surface area contributed by atoms with Gasteiger partial charge < -0.3 is 24.6 Å². The standard InChI is InChI=1S/C20H22ClN3O3/c1-23-8-10-24(11-9-23)16-7-6-14(21)12-15(16)22-20(25)19-13-26-17-4-2-3-5-18(17)27-19/h2-7,12,19H,8-11,13H2,1H3,(H,22,25)/p+1/t19-/m0/s1. The van der Waals surface area contributed by atoms with Crippen molar-refractivity contribution in [2.24, 2.45) is 0 Å². The topological polar surface area (TPSA) is 55.2 Å². The molecule has 0 aromatic heterocycles.